The molecular formula is C30H53FO3. The van der Waals surface area contributed by atoms with Gasteiger partial charge in [0.25, 0.3) is 0 Å². The molecular weight excluding hydrogens is 427 g/mol. The van der Waals surface area contributed by atoms with Crippen molar-refractivity contribution in [1.82, 2.24) is 0 Å². The number of halogens is 1. The van der Waals surface area contributed by atoms with Gasteiger partial charge < -0.3 is 9.47 Å². The van der Waals surface area contributed by atoms with Gasteiger partial charge in [-0.2, -0.15) is 0 Å². The number of ketones is 1. The van der Waals surface area contributed by atoms with Gasteiger partial charge in [0.1, 0.15) is 6.17 Å². The first-order valence-electron chi connectivity index (χ1n) is 15.0. The van der Waals surface area contributed by atoms with E-state index in [-0.39, 0.29) is 18.0 Å². The molecule has 0 amide bonds. The summed E-state index contributed by atoms with van der Waals surface area (Å²) < 4.78 is 27.9. The first-order chi connectivity index (χ1) is 16.6. The van der Waals surface area contributed by atoms with Crippen molar-refractivity contribution in [1.29, 1.82) is 0 Å². The van der Waals surface area contributed by atoms with Crippen LogP contribution in [0.2, 0.25) is 0 Å². The van der Waals surface area contributed by atoms with Gasteiger partial charge in [-0.25, -0.2) is 4.39 Å². The zero-order valence-corrected chi connectivity index (χ0v) is 22.4. The van der Waals surface area contributed by atoms with Crippen molar-refractivity contribution in [3.05, 3.63) is 0 Å². The van der Waals surface area contributed by atoms with Gasteiger partial charge in [0.05, 0.1) is 23.0 Å². The maximum Gasteiger partial charge on any atom is 0.151 e. The maximum absolute atomic E-state index is 15.7. The number of carbonyl (C=O) groups excluding carboxylic acids is 1. The predicted octanol–water partition coefficient (Wildman–Crippen LogP) is 8.52. The van der Waals surface area contributed by atoms with Crippen LogP contribution in [0.4, 0.5) is 4.39 Å². The molecule has 3 rings (SSSR count). The molecule has 0 N–H and O–H groups in total. The normalized spacial score (nSPS) is 33.5. The Morgan fingerprint density at radius 2 is 1.00 bits per heavy atom. The van der Waals surface area contributed by atoms with Crippen molar-refractivity contribution in [3.8, 4) is 0 Å². The number of hydrogen-bond acceptors (Lipinski definition) is 3. The van der Waals surface area contributed by atoms with Gasteiger partial charge in [-0.1, -0.05) is 78.1 Å². The molecule has 0 saturated heterocycles. The number of alkyl halides is 1. The zero-order chi connectivity index (χ0) is 24.3. The lowest BCUT2D eigenvalue weighted by Crippen LogP contribution is -2.69. The molecule has 198 valence electrons. The Hall–Kier alpha value is -0.480. The van der Waals surface area contributed by atoms with Gasteiger partial charge in [-0.3, -0.25) is 4.79 Å². The average molecular weight is 481 g/mol. The SMILES string of the molecule is CCCCCCCCOC1CCC2(CC1)C(=O)C1(CCC(OCCCCCCCC)CC1)C2F. The monoisotopic (exact) mass is 480 g/mol. The van der Waals surface area contributed by atoms with Gasteiger partial charge in [0, 0.05) is 13.2 Å². The van der Waals surface area contributed by atoms with E-state index in [0.29, 0.717) is 25.7 Å². The standard InChI is InChI=1S/C30H53FO3/c1-3-5-7-9-11-13-23-33-25-15-19-29(20-16-25)27(31)30(28(29)32)21-17-26(18-22-30)34-24-14-12-10-8-6-4-2/h25-27H,3-24H2,1-2H3. The molecule has 0 atom stereocenters. The fraction of sp³-hybridized carbons (Fsp3) is 0.967. The lowest BCUT2D eigenvalue weighted by molar-refractivity contribution is -0.198. The third kappa shape index (κ3) is 6.84. The minimum atomic E-state index is -0.952. The lowest BCUT2D eigenvalue weighted by atomic mass is 9.42. The predicted molar refractivity (Wildman–Crippen MR) is 138 cm³/mol. The summed E-state index contributed by atoms with van der Waals surface area (Å²) in [5.74, 6) is 0.247. The van der Waals surface area contributed by atoms with Gasteiger partial charge in [-0.05, 0) is 64.2 Å². The van der Waals surface area contributed by atoms with Crippen LogP contribution in [0, 0.1) is 10.8 Å². The third-order valence-electron chi connectivity index (χ3n) is 9.23. The average Bonchev–Trinajstić information content (AvgIpc) is 2.88. The summed E-state index contributed by atoms with van der Waals surface area (Å²) in [4.78, 5) is 13.4. The smallest absolute Gasteiger partial charge is 0.151 e. The van der Waals surface area contributed by atoms with Crippen LogP contribution in [-0.4, -0.2) is 37.4 Å². The molecule has 3 fully saturated rings. The Bertz CT molecular complexity index is 528. The maximum atomic E-state index is 15.7. The minimum absolute atomic E-state index is 0.226. The van der Waals surface area contributed by atoms with Crippen LogP contribution in [0.15, 0.2) is 0 Å². The molecule has 0 aliphatic heterocycles. The van der Waals surface area contributed by atoms with Gasteiger partial charge in [0.15, 0.2) is 5.78 Å². The van der Waals surface area contributed by atoms with E-state index in [0.717, 1.165) is 51.7 Å². The number of carbonyl (C=O) groups is 1. The molecule has 0 aromatic rings. The first kappa shape index (κ1) is 28.1. The topological polar surface area (TPSA) is 35.5 Å². The van der Waals surface area contributed by atoms with Crippen LogP contribution in [0.5, 0.6) is 0 Å². The molecule has 0 unspecified atom stereocenters. The molecule has 3 saturated carbocycles. The molecule has 2 spiro atoms. The summed E-state index contributed by atoms with van der Waals surface area (Å²) in [5.41, 5.74) is -1.38. The van der Waals surface area contributed by atoms with Crippen LogP contribution in [0.25, 0.3) is 0 Å². The summed E-state index contributed by atoms with van der Waals surface area (Å²) in [6.45, 7) is 6.13. The highest BCUT2D eigenvalue weighted by Crippen LogP contribution is 2.64. The molecule has 4 heteroatoms. The van der Waals surface area contributed by atoms with Crippen molar-refractivity contribution in [2.24, 2.45) is 10.8 Å². The summed E-state index contributed by atoms with van der Waals surface area (Å²) in [6.07, 6.45) is 20.9. The second kappa shape index (κ2) is 14.3. The number of hydrogen-bond donors (Lipinski definition) is 0. The molecule has 0 bridgehead atoms. The molecule has 0 radical (unpaired) electrons. The van der Waals surface area contributed by atoms with Crippen molar-refractivity contribution in [2.45, 2.75) is 161 Å². The Labute approximate surface area is 209 Å². The third-order valence-corrected chi connectivity index (χ3v) is 9.23. The van der Waals surface area contributed by atoms with Crippen molar-refractivity contribution >= 4 is 5.78 Å². The fourth-order valence-electron chi connectivity index (χ4n) is 6.95. The number of unbranched alkanes of at least 4 members (excludes halogenated alkanes) is 10. The van der Waals surface area contributed by atoms with E-state index < -0.39 is 17.0 Å². The largest absolute Gasteiger partial charge is 0.378 e. The van der Waals surface area contributed by atoms with E-state index >= 15 is 4.39 Å². The van der Waals surface area contributed by atoms with Crippen LogP contribution in [-0.2, 0) is 14.3 Å². The van der Waals surface area contributed by atoms with E-state index in [1.54, 1.807) is 0 Å². The summed E-state index contributed by atoms with van der Waals surface area (Å²) >= 11 is 0. The van der Waals surface area contributed by atoms with Crippen LogP contribution in [0.3, 0.4) is 0 Å². The fourth-order valence-corrected chi connectivity index (χ4v) is 6.95. The highest BCUT2D eigenvalue weighted by atomic mass is 19.1. The second-order valence-electron chi connectivity index (χ2n) is 11.7. The number of Topliss-reactive ketones (excluding diaryl/α,β-unsaturated/α-hetero) is 1. The molecule has 0 aromatic heterocycles. The van der Waals surface area contributed by atoms with Crippen molar-refractivity contribution in [3.63, 3.8) is 0 Å². The molecule has 3 aliphatic carbocycles. The van der Waals surface area contributed by atoms with Gasteiger partial charge in [0.2, 0.25) is 0 Å². The van der Waals surface area contributed by atoms with Gasteiger partial charge in [-0.15, -0.1) is 0 Å². The first-order valence-corrected chi connectivity index (χ1v) is 15.0. The van der Waals surface area contributed by atoms with E-state index in [1.807, 2.05) is 0 Å². The number of rotatable bonds is 16. The minimum Gasteiger partial charge on any atom is -0.378 e. The molecule has 3 nitrogen and oxygen atoms in total. The Balaban J connectivity index is 1.30. The highest BCUT2D eigenvalue weighted by Gasteiger charge is 2.71. The Morgan fingerprint density at radius 1 is 0.647 bits per heavy atom. The van der Waals surface area contributed by atoms with E-state index in [4.69, 9.17) is 9.47 Å². The van der Waals surface area contributed by atoms with Gasteiger partial charge >= 0.3 is 0 Å². The van der Waals surface area contributed by atoms with E-state index in [2.05, 4.69) is 13.8 Å². The second-order valence-corrected chi connectivity index (χ2v) is 11.7. The zero-order valence-electron chi connectivity index (χ0n) is 22.4. The van der Waals surface area contributed by atoms with Crippen LogP contribution < -0.4 is 0 Å². The Morgan fingerprint density at radius 3 is 1.35 bits per heavy atom. The quantitative estimate of drug-likeness (QED) is 0.208. The lowest BCUT2D eigenvalue weighted by Gasteiger charge is -2.61. The van der Waals surface area contributed by atoms with Crippen molar-refractivity contribution in [2.75, 3.05) is 13.2 Å². The molecule has 0 heterocycles. The van der Waals surface area contributed by atoms with Crippen molar-refractivity contribution < 1.29 is 18.7 Å². The van der Waals surface area contributed by atoms with E-state index in [1.165, 1.54) is 64.2 Å². The van der Waals surface area contributed by atoms with Crippen LogP contribution in [0.1, 0.15) is 142 Å². The molecule has 3 aliphatic rings. The Kier molecular flexibility index (Phi) is 11.8. The summed E-state index contributed by atoms with van der Waals surface area (Å²) in [5, 5.41) is 0. The highest BCUT2D eigenvalue weighted by molar-refractivity contribution is 5.98. The van der Waals surface area contributed by atoms with Crippen LogP contribution >= 0.6 is 0 Å². The summed E-state index contributed by atoms with van der Waals surface area (Å²) in [7, 11) is 0. The molecule has 0 aromatic carbocycles. The summed E-state index contributed by atoms with van der Waals surface area (Å²) in [6, 6.07) is 0. The molecule has 34 heavy (non-hydrogen) atoms. The number of ether oxygens (including phenoxy) is 2. The van der Waals surface area contributed by atoms with E-state index in [9.17, 15) is 4.79 Å².